The second kappa shape index (κ2) is 11.9. The number of rotatable bonds is 10. The largest absolute Gasteiger partial charge is 0.467 e. The van der Waals surface area contributed by atoms with Gasteiger partial charge in [-0.25, -0.2) is 4.79 Å². The molecule has 2 aromatic rings. The number of hydrogen-bond donors (Lipinski definition) is 2. The van der Waals surface area contributed by atoms with Gasteiger partial charge in [-0.05, 0) is 36.1 Å². The smallest absolute Gasteiger partial charge is 0.328 e. The summed E-state index contributed by atoms with van der Waals surface area (Å²) in [6.07, 6.45) is 2.68. The number of ether oxygens (including phenoxy) is 1. The van der Waals surface area contributed by atoms with Crippen molar-refractivity contribution < 1.29 is 19.1 Å². The molecule has 29 heavy (non-hydrogen) atoms. The van der Waals surface area contributed by atoms with Gasteiger partial charge in [0, 0.05) is 12.0 Å². The molecule has 0 saturated heterocycles. The van der Waals surface area contributed by atoms with Gasteiger partial charge in [-0.2, -0.15) is 11.8 Å². The van der Waals surface area contributed by atoms with Crippen LogP contribution in [0.1, 0.15) is 22.3 Å². The Kier molecular flexibility index (Phi) is 9.24. The van der Waals surface area contributed by atoms with Crippen molar-refractivity contribution in [2.75, 3.05) is 19.1 Å². The van der Waals surface area contributed by atoms with Crippen LogP contribution >= 0.6 is 11.8 Å². The molecule has 0 aliphatic rings. The minimum Gasteiger partial charge on any atom is -0.467 e. The molecule has 0 bridgehead atoms. The molecule has 2 atom stereocenters. The number of amides is 2. The van der Waals surface area contributed by atoms with E-state index < -0.39 is 24.0 Å². The number of benzene rings is 2. The Morgan fingerprint density at radius 3 is 2.14 bits per heavy atom. The van der Waals surface area contributed by atoms with Crippen LogP contribution in [0.3, 0.4) is 0 Å². The number of carbonyl (C=O) groups excluding carboxylic acids is 3. The topological polar surface area (TPSA) is 84.5 Å². The summed E-state index contributed by atoms with van der Waals surface area (Å²) in [5.74, 6) is -0.574. The molecule has 0 radical (unpaired) electrons. The zero-order chi connectivity index (χ0) is 21.1. The first-order valence-corrected chi connectivity index (χ1v) is 10.7. The highest BCUT2D eigenvalue weighted by atomic mass is 32.2. The van der Waals surface area contributed by atoms with Gasteiger partial charge < -0.3 is 15.4 Å². The second-order valence-electron chi connectivity index (χ2n) is 6.45. The molecular formula is C22H26N2O4S. The van der Waals surface area contributed by atoms with Gasteiger partial charge in [-0.3, -0.25) is 9.59 Å². The molecule has 0 aliphatic carbocycles. The first-order valence-electron chi connectivity index (χ1n) is 9.32. The lowest BCUT2D eigenvalue weighted by atomic mass is 10.0. The molecule has 2 amide bonds. The second-order valence-corrected chi connectivity index (χ2v) is 7.43. The molecule has 6 nitrogen and oxygen atoms in total. The fourth-order valence-electron chi connectivity index (χ4n) is 2.79. The Bertz CT molecular complexity index is 799. The maximum atomic E-state index is 13.0. The van der Waals surface area contributed by atoms with Gasteiger partial charge in [0.2, 0.25) is 5.91 Å². The average Bonchev–Trinajstić information content (AvgIpc) is 2.76. The fraction of sp³-hybridized carbons (Fsp3) is 0.318. The van der Waals surface area contributed by atoms with Crippen molar-refractivity contribution in [1.29, 1.82) is 0 Å². The van der Waals surface area contributed by atoms with E-state index in [-0.39, 0.29) is 5.91 Å². The van der Waals surface area contributed by atoms with Crippen LogP contribution in [-0.2, 0) is 20.7 Å². The van der Waals surface area contributed by atoms with E-state index in [1.54, 1.807) is 36.0 Å². The Labute approximate surface area is 175 Å². The molecule has 0 heterocycles. The van der Waals surface area contributed by atoms with Crippen molar-refractivity contribution in [2.24, 2.45) is 0 Å². The zero-order valence-corrected chi connectivity index (χ0v) is 17.4. The Hall–Kier alpha value is -2.80. The summed E-state index contributed by atoms with van der Waals surface area (Å²) in [5.41, 5.74) is 1.37. The molecule has 0 spiro atoms. The SMILES string of the molecule is COC(=O)[C@@H](CCSC)NC(=O)[C@H](Cc1ccccc1)NC(=O)c1ccccc1. The van der Waals surface area contributed by atoms with Crippen molar-refractivity contribution in [3.05, 3.63) is 71.8 Å². The van der Waals surface area contributed by atoms with Gasteiger partial charge in [0.05, 0.1) is 7.11 Å². The average molecular weight is 415 g/mol. The lowest BCUT2D eigenvalue weighted by Crippen LogP contribution is -2.52. The summed E-state index contributed by atoms with van der Waals surface area (Å²) >= 11 is 1.58. The Morgan fingerprint density at radius 1 is 0.931 bits per heavy atom. The van der Waals surface area contributed by atoms with E-state index in [0.29, 0.717) is 24.2 Å². The molecule has 7 heteroatoms. The fourth-order valence-corrected chi connectivity index (χ4v) is 3.26. The van der Waals surface area contributed by atoms with Gasteiger partial charge in [-0.1, -0.05) is 48.5 Å². The zero-order valence-electron chi connectivity index (χ0n) is 16.6. The van der Waals surface area contributed by atoms with Crippen LogP contribution in [0.25, 0.3) is 0 Å². The van der Waals surface area contributed by atoms with Gasteiger partial charge in [0.1, 0.15) is 12.1 Å². The van der Waals surface area contributed by atoms with Crippen molar-refractivity contribution in [3.8, 4) is 0 Å². The van der Waals surface area contributed by atoms with Crippen molar-refractivity contribution in [1.82, 2.24) is 10.6 Å². The minimum absolute atomic E-state index is 0.307. The van der Waals surface area contributed by atoms with Crippen LogP contribution in [0.5, 0.6) is 0 Å². The summed E-state index contributed by atoms with van der Waals surface area (Å²) in [4.78, 5) is 37.6. The third kappa shape index (κ3) is 7.27. The third-order valence-electron chi connectivity index (χ3n) is 4.35. The molecule has 0 unspecified atom stereocenters. The van der Waals surface area contributed by atoms with Crippen molar-refractivity contribution in [3.63, 3.8) is 0 Å². The maximum Gasteiger partial charge on any atom is 0.328 e. The van der Waals surface area contributed by atoms with E-state index in [1.165, 1.54) is 7.11 Å². The number of esters is 1. The van der Waals surface area contributed by atoms with Gasteiger partial charge >= 0.3 is 5.97 Å². The van der Waals surface area contributed by atoms with Gasteiger partial charge in [-0.15, -0.1) is 0 Å². The quantitative estimate of drug-likeness (QED) is 0.584. The molecule has 0 fully saturated rings. The highest BCUT2D eigenvalue weighted by Gasteiger charge is 2.27. The molecule has 154 valence electrons. The molecule has 0 saturated carbocycles. The standard InChI is InChI=1S/C22H26N2O4S/c1-28-22(27)18(13-14-29-2)23-21(26)19(15-16-9-5-3-6-10-16)24-20(25)17-11-7-4-8-12-17/h3-12,18-19H,13-15H2,1-2H3,(H,23,26)(H,24,25)/t18-,19+/m1/s1. The number of carbonyl (C=O) groups is 3. The van der Waals surface area contributed by atoms with E-state index in [9.17, 15) is 14.4 Å². The monoisotopic (exact) mass is 414 g/mol. The first kappa shape index (κ1) is 22.5. The van der Waals surface area contributed by atoms with E-state index >= 15 is 0 Å². The summed E-state index contributed by atoms with van der Waals surface area (Å²) in [5, 5.41) is 5.53. The summed E-state index contributed by atoms with van der Waals surface area (Å²) in [6.45, 7) is 0. The van der Waals surface area contributed by atoms with Crippen LogP contribution in [-0.4, -0.2) is 49.0 Å². The predicted molar refractivity (Wildman–Crippen MR) is 115 cm³/mol. The molecule has 0 aromatic heterocycles. The van der Waals surface area contributed by atoms with Crippen LogP contribution in [0.15, 0.2) is 60.7 Å². The van der Waals surface area contributed by atoms with Gasteiger partial charge in [0.25, 0.3) is 5.91 Å². The van der Waals surface area contributed by atoms with E-state index in [1.807, 2.05) is 42.7 Å². The molecule has 2 aromatic carbocycles. The number of nitrogens with one attached hydrogen (secondary N) is 2. The number of thioether (sulfide) groups is 1. The van der Waals surface area contributed by atoms with Crippen LogP contribution < -0.4 is 10.6 Å². The molecular weight excluding hydrogens is 388 g/mol. The van der Waals surface area contributed by atoms with Gasteiger partial charge in [0.15, 0.2) is 0 Å². The number of hydrogen-bond acceptors (Lipinski definition) is 5. The van der Waals surface area contributed by atoms with E-state index in [4.69, 9.17) is 4.74 Å². The summed E-state index contributed by atoms with van der Waals surface area (Å²) < 4.78 is 4.81. The highest BCUT2D eigenvalue weighted by molar-refractivity contribution is 7.98. The lowest BCUT2D eigenvalue weighted by molar-refractivity contribution is -0.145. The molecule has 2 rings (SSSR count). The van der Waals surface area contributed by atoms with Crippen molar-refractivity contribution >= 4 is 29.5 Å². The minimum atomic E-state index is -0.827. The molecule has 2 N–H and O–H groups in total. The summed E-state index contributed by atoms with van der Waals surface area (Å²) in [7, 11) is 1.29. The van der Waals surface area contributed by atoms with Crippen LogP contribution in [0.4, 0.5) is 0 Å². The Morgan fingerprint density at radius 2 is 1.55 bits per heavy atom. The maximum absolute atomic E-state index is 13.0. The molecule has 0 aliphatic heterocycles. The number of methoxy groups -OCH3 is 1. The Balaban J connectivity index is 2.17. The van der Waals surface area contributed by atoms with Crippen LogP contribution in [0, 0.1) is 0 Å². The van der Waals surface area contributed by atoms with Crippen molar-refractivity contribution in [2.45, 2.75) is 24.9 Å². The third-order valence-corrected chi connectivity index (χ3v) is 5.00. The first-order chi connectivity index (χ1) is 14.0. The summed E-state index contributed by atoms with van der Waals surface area (Å²) in [6, 6.07) is 16.5. The van der Waals surface area contributed by atoms with E-state index in [0.717, 1.165) is 5.56 Å². The predicted octanol–water partition coefficient (Wildman–Crippen LogP) is 2.44. The highest BCUT2D eigenvalue weighted by Crippen LogP contribution is 2.08. The van der Waals surface area contributed by atoms with E-state index in [2.05, 4.69) is 10.6 Å². The lowest BCUT2D eigenvalue weighted by Gasteiger charge is -2.22. The van der Waals surface area contributed by atoms with Crippen LogP contribution in [0.2, 0.25) is 0 Å². The normalized spacial score (nSPS) is 12.5.